The van der Waals surface area contributed by atoms with E-state index in [-0.39, 0.29) is 5.91 Å². The van der Waals surface area contributed by atoms with Gasteiger partial charge in [0.05, 0.1) is 10.7 Å². The fourth-order valence-electron chi connectivity index (χ4n) is 2.51. The number of nitrogens with zero attached hydrogens (tertiary/aromatic N) is 1. The van der Waals surface area contributed by atoms with Gasteiger partial charge in [-0.2, -0.15) is 0 Å². The van der Waals surface area contributed by atoms with E-state index in [1.54, 1.807) is 59.9 Å². The number of rotatable bonds is 7. The molecule has 0 aliphatic heterocycles. The average molecular weight is 381 g/mol. The van der Waals surface area contributed by atoms with Crippen molar-refractivity contribution >= 4 is 23.2 Å². The lowest BCUT2D eigenvalue weighted by Gasteiger charge is -2.16. The topological polar surface area (TPSA) is 94.3 Å². The molecule has 0 aliphatic carbocycles. The number of aryl methyl sites for hydroxylation is 1. The molecule has 3 N–H and O–H groups in total. The molecule has 0 aliphatic rings. The number of nitrogens with two attached hydrogens (primary N) is 1. The van der Waals surface area contributed by atoms with Crippen molar-refractivity contribution in [2.45, 2.75) is 19.6 Å². The minimum atomic E-state index is -0.887. The van der Waals surface area contributed by atoms with E-state index in [0.717, 1.165) is 10.7 Å². The van der Waals surface area contributed by atoms with E-state index in [1.807, 2.05) is 18.4 Å². The van der Waals surface area contributed by atoms with Gasteiger partial charge in [0.15, 0.2) is 0 Å². The highest BCUT2D eigenvalue weighted by Crippen LogP contribution is 2.17. The maximum absolute atomic E-state index is 12.5. The molecule has 1 atom stereocenters. The van der Waals surface area contributed by atoms with Crippen LogP contribution >= 0.6 is 11.3 Å². The normalized spacial score (nSPS) is 11.6. The lowest BCUT2D eigenvalue weighted by molar-refractivity contribution is -0.120. The van der Waals surface area contributed by atoms with Crippen LogP contribution in [0.2, 0.25) is 0 Å². The number of ether oxygens (including phenoxy) is 1. The Kier molecular flexibility index (Phi) is 5.83. The standard InChI is InChI=1S/C20H19N3O3S/c1-13-22-16(12-27-13)11-26-17-9-7-15(8-10-17)20(25)23-18(19(21)24)14-5-3-2-4-6-14/h2-10,12,18H,11H2,1H3,(H2,21,24)(H,23,25)/t18-/m1/s1. The molecule has 2 aromatic carbocycles. The van der Waals surface area contributed by atoms with E-state index >= 15 is 0 Å². The molecule has 138 valence electrons. The molecule has 1 heterocycles. The van der Waals surface area contributed by atoms with Gasteiger partial charge in [-0.15, -0.1) is 11.3 Å². The summed E-state index contributed by atoms with van der Waals surface area (Å²) in [5.41, 5.74) is 7.35. The van der Waals surface area contributed by atoms with Crippen LogP contribution in [-0.4, -0.2) is 16.8 Å². The van der Waals surface area contributed by atoms with Gasteiger partial charge in [0.1, 0.15) is 18.4 Å². The van der Waals surface area contributed by atoms with Crippen molar-refractivity contribution in [3.05, 3.63) is 81.8 Å². The van der Waals surface area contributed by atoms with E-state index in [9.17, 15) is 9.59 Å². The fourth-order valence-corrected chi connectivity index (χ4v) is 3.11. The Bertz CT molecular complexity index is 923. The molecule has 0 bridgehead atoms. The first kappa shape index (κ1) is 18.6. The molecule has 1 aromatic heterocycles. The molecule has 6 nitrogen and oxygen atoms in total. The molecular weight excluding hydrogens is 362 g/mol. The smallest absolute Gasteiger partial charge is 0.252 e. The minimum absolute atomic E-state index is 0.369. The van der Waals surface area contributed by atoms with E-state index in [0.29, 0.717) is 23.5 Å². The largest absolute Gasteiger partial charge is 0.487 e. The van der Waals surface area contributed by atoms with Crippen molar-refractivity contribution in [2.24, 2.45) is 5.73 Å². The first-order chi connectivity index (χ1) is 13.0. The number of primary amides is 1. The van der Waals surface area contributed by atoms with Crippen LogP contribution in [0, 0.1) is 6.92 Å². The summed E-state index contributed by atoms with van der Waals surface area (Å²) in [5.74, 6) is -0.371. The zero-order chi connectivity index (χ0) is 19.2. The molecule has 0 fully saturated rings. The second-order valence-corrected chi connectivity index (χ2v) is 6.95. The number of carbonyl (C=O) groups excluding carboxylic acids is 2. The fraction of sp³-hybridized carbons (Fsp3) is 0.150. The van der Waals surface area contributed by atoms with Crippen molar-refractivity contribution in [1.82, 2.24) is 10.3 Å². The first-order valence-electron chi connectivity index (χ1n) is 8.32. The summed E-state index contributed by atoms with van der Waals surface area (Å²) in [6.07, 6.45) is 0. The zero-order valence-electron chi connectivity index (χ0n) is 14.7. The van der Waals surface area contributed by atoms with E-state index in [2.05, 4.69) is 10.3 Å². The van der Waals surface area contributed by atoms with Crippen molar-refractivity contribution in [1.29, 1.82) is 0 Å². The molecule has 3 rings (SSSR count). The number of nitrogens with one attached hydrogen (secondary N) is 1. The number of benzene rings is 2. The van der Waals surface area contributed by atoms with E-state index in [1.165, 1.54) is 0 Å². The summed E-state index contributed by atoms with van der Waals surface area (Å²) in [4.78, 5) is 28.5. The summed E-state index contributed by atoms with van der Waals surface area (Å²) < 4.78 is 5.67. The molecule has 27 heavy (non-hydrogen) atoms. The molecule has 0 radical (unpaired) electrons. The monoisotopic (exact) mass is 381 g/mol. The van der Waals surface area contributed by atoms with Crippen LogP contribution in [0.1, 0.15) is 32.7 Å². The van der Waals surface area contributed by atoms with Crippen LogP contribution in [0.15, 0.2) is 60.0 Å². The highest BCUT2D eigenvalue weighted by atomic mass is 32.1. The predicted octanol–water partition coefficient (Wildman–Crippen LogP) is 2.99. The lowest BCUT2D eigenvalue weighted by atomic mass is 10.1. The number of carbonyl (C=O) groups is 2. The van der Waals surface area contributed by atoms with Crippen LogP contribution < -0.4 is 15.8 Å². The third-order valence-electron chi connectivity index (χ3n) is 3.86. The zero-order valence-corrected chi connectivity index (χ0v) is 15.5. The molecule has 0 saturated carbocycles. The van der Waals surface area contributed by atoms with E-state index < -0.39 is 11.9 Å². The van der Waals surface area contributed by atoms with Gasteiger partial charge in [0, 0.05) is 10.9 Å². The van der Waals surface area contributed by atoms with Crippen LogP contribution in [0.3, 0.4) is 0 Å². The Labute approximate surface area is 161 Å². The summed E-state index contributed by atoms with van der Waals surface area (Å²) in [6.45, 7) is 2.31. The molecule has 0 unspecified atom stereocenters. The maximum Gasteiger partial charge on any atom is 0.252 e. The van der Waals surface area contributed by atoms with Crippen molar-refractivity contribution in [3.8, 4) is 5.75 Å². The van der Waals surface area contributed by atoms with Crippen molar-refractivity contribution in [3.63, 3.8) is 0 Å². The summed E-state index contributed by atoms with van der Waals surface area (Å²) in [5, 5.41) is 5.60. The number of thiazole rings is 1. The second kappa shape index (κ2) is 8.46. The molecule has 2 amide bonds. The highest BCUT2D eigenvalue weighted by Gasteiger charge is 2.20. The Morgan fingerprint density at radius 3 is 2.44 bits per heavy atom. The first-order valence-corrected chi connectivity index (χ1v) is 9.20. The highest BCUT2D eigenvalue weighted by molar-refractivity contribution is 7.09. The molecule has 0 spiro atoms. The van der Waals surface area contributed by atoms with Crippen molar-refractivity contribution < 1.29 is 14.3 Å². The van der Waals surface area contributed by atoms with Gasteiger partial charge in [-0.1, -0.05) is 30.3 Å². The van der Waals surface area contributed by atoms with Crippen LogP contribution in [-0.2, 0) is 11.4 Å². The van der Waals surface area contributed by atoms with Gasteiger partial charge >= 0.3 is 0 Å². The summed E-state index contributed by atoms with van der Waals surface area (Å²) in [7, 11) is 0. The lowest BCUT2D eigenvalue weighted by Crippen LogP contribution is -2.37. The molecule has 0 saturated heterocycles. The molecule has 7 heteroatoms. The van der Waals surface area contributed by atoms with Crippen LogP contribution in [0.25, 0.3) is 0 Å². The van der Waals surface area contributed by atoms with Crippen molar-refractivity contribution in [2.75, 3.05) is 0 Å². The number of amides is 2. The number of hydrogen-bond donors (Lipinski definition) is 2. The van der Waals surface area contributed by atoms with E-state index in [4.69, 9.17) is 10.5 Å². The van der Waals surface area contributed by atoms with Gasteiger partial charge in [-0.05, 0) is 36.8 Å². The molecule has 3 aromatic rings. The van der Waals surface area contributed by atoms with Gasteiger partial charge in [-0.3, -0.25) is 9.59 Å². The Morgan fingerprint density at radius 2 is 1.85 bits per heavy atom. The quantitative estimate of drug-likeness (QED) is 0.658. The van der Waals surface area contributed by atoms with Gasteiger partial charge in [0.2, 0.25) is 5.91 Å². The van der Waals surface area contributed by atoms with Crippen LogP contribution in [0.5, 0.6) is 5.75 Å². The Morgan fingerprint density at radius 1 is 1.15 bits per heavy atom. The number of hydrogen-bond acceptors (Lipinski definition) is 5. The van der Waals surface area contributed by atoms with Gasteiger partial charge < -0.3 is 15.8 Å². The third-order valence-corrected chi connectivity index (χ3v) is 4.68. The molecular formula is C20H19N3O3S. The minimum Gasteiger partial charge on any atom is -0.487 e. The summed E-state index contributed by atoms with van der Waals surface area (Å²) in [6, 6.07) is 14.7. The predicted molar refractivity (Wildman–Crippen MR) is 103 cm³/mol. The third kappa shape index (κ3) is 4.92. The number of aromatic nitrogens is 1. The second-order valence-electron chi connectivity index (χ2n) is 5.89. The van der Waals surface area contributed by atoms with Gasteiger partial charge in [-0.25, -0.2) is 4.98 Å². The van der Waals surface area contributed by atoms with Crippen LogP contribution in [0.4, 0.5) is 0 Å². The Hall–Kier alpha value is -3.19. The summed E-state index contributed by atoms with van der Waals surface area (Å²) >= 11 is 1.57. The van der Waals surface area contributed by atoms with Gasteiger partial charge in [0.25, 0.3) is 5.91 Å². The maximum atomic E-state index is 12.5. The average Bonchev–Trinajstić information content (AvgIpc) is 3.10. The Balaban J connectivity index is 1.63. The SMILES string of the molecule is Cc1nc(COc2ccc(C(=O)N[C@@H](C(N)=O)c3ccccc3)cc2)cs1.